The van der Waals surface area contributed by atoms with E-state index in [1.54, 1.807) is 18.3 Å². The molecule has 0 atom stereocenters. The van der Waals surface area contributed by atoms with E-state index in [-0.39, 0.29) is 11.3 Å². The summed E-state index contributed by atoms with van der Waals surface area (Å²) in [4.78, 5) is 12.6. The fourth-order valence-electron chi connectivity index (χ4n) is 3.93. The Bertz CT molecular complexity index is 1500. The number of nitrogens with zero attached hydrogens (tertiary/aromatic N) is 2. The summed E-state index contributed by atoms with van der Waals surface area (Å²) in [5, 5.41) is 17.9. The fraction of sp³-hybridized carbons (Fsp3) is 0.0370. The van der Waals surface area contributed by atoms with Gasteiger partial charge in [-0.15, -0.1) is 0 Å². The molecule has 1 amide bonds. The van der Waals surface area contributed by atoms with Crippen molar-refractivity contribution in [1.29, 1.82) is 0 Å². The van der Waals surface area contributed by atoms with Crippen LogP contribution in [0.4, 0.5) is 0 Å². The first-order chi connectivity index (χ1) is 16.1. The number of benzene rings is 4. The minimum atomic E-state index is -0.473. The lowest BCUT2D eigenvalue weighted by molar-refractivity contribution is 0.0952. The van der Waals surface area contributed by atoms with Gasteiger partial charge >= 0.3 is 0 Å². The molecule has 0 radical (unpaired) electrons. The SMILES string of the molecule is O=C(NN=Cc1cn(Cc2ccc(Cl)cc2)c2ccccc12)c1cc2ccccc2cc1O. The zero-order valence-electron chi connectivity index (χ0n) is 17.6. The lowest BCUT2D eigenvalue weighted by Gasteiger charge is -2.05. The molecule has 1 heterocycles. The first-order valence-corrected chi connectivity index (χ1v) is 10.8. The van der Waals surface area contributed by atoms with Crippen LogP contribution in [0.15, 0.2) is 96.2 Å². The van der Waals surface area contributed by atoms with E-state index in [4.69, 9.17) is 11.6 Å². The van der Waals surface area contributed by atoms with Crippen LogP contribution in [0.2, 0.25) is 5.02 Å². The molecule has 0 saturated heterocycles. The third kappa shape index (κ3) is 4.31. The predicted octanol–water partition coefficient (Wildman–Crippen LogP) is 5.97. The number of nitrogens with one attached hydrogen (secondary N) is 1. The number of phenols is 1. The van der Waals surface area contributed by atoms with E-state index in [0.29, 0.717) is 11.6 Å². The van der Waals surface area contributed by atoms with Crippen molar-refractivity contribution in [3.8, 4) is 5.75 Å². The van der Waals surface area contributed by atoms with Crippen LogP contribution < -0.4 is 5.43 Å². The van der Waals surface area contributed by atoms with Gasteiger partial charge in [-0.2, -0.15) is 5.10 Å². The summed E-state index contributed by atoms with van der Waals surface area (Å²) < 4.78 is 2.14. The van der Waals surface area contributed by atoms with Crippen LogP contribution in [0.25, 0.3) is 21.7 Å². The van der Waals surface area contributed by atoms with Crippen molar-refractivity contribution >= 4 is 45.4 Å². The van der Waals surface area contributed by atoms with E-state index in [0.717, 1.165) is 32.8 Å². The number of para-hydroxylation sites is 1. The summed E-state index contributed by atoms with van der Waals surface area (Å²) in [6.07, 6.45) is 3.62. The minimum absolute atomic E-state index is 0.0824. The van der Waals surface area contributed by atoms with E-state index in [9.17, 15) is 9.90 Å². The van der Waals surface area contributed by atoms with Gasteiger partial charge in [0.25, 0.3) is 5.91 Å². The maximum atomic E-state index is 12.6. The molecule has 2 N–H and O–H groups in total. The maximum absolute atomic E-state index is 12.6. The van der Waals surface area contributed by atoms with Gasteiger partial charge in [-0.05, 0) is 46.7 Å². The number of hydrazone groups is 1. The Morgan fingerprint density at radius 1 is 0.970 bits per heavy atom. The molecule has 5 rings (SSSR count). The number of phenolic OH excluding ortho intramolecular Hbond substituents is 1. The number of hydrogen-bond donors (Lipinski definition) is 2. The van der Waals surface area contributed by atoms with Crippen LogP contribution in [0.1, 0.15) is 21.5 Å². The van der Waals surface area contributed by atoms with Crippen LogP contribution in [0.5, 0.6) is 5.75 Å². The van der Waals surface area contributed by atoms with Crippen LogP contribution in [0.3, 0.4) is 0 Å². The van der Waals surface area contributed by atoms with Crippen molar-refractivity contribution in [3.05, 3.63) is 113 Å². The summed E-state index contributed by atoms with van der Waals surface area (Å²) in [6, 6.07) is 26.6. The largest absolute Gasteiger partial charge is 0.507 e. The number of aromatic nitrogens is 1. The number of aromatic hydroxyl groups is 1. The van der Waals surface area contributed by atoms with Crippen LogP contribution >= 0.6 is 11.6 Å². The third-order valence-corrected chi connectivity index (χ3v) is 5.82. The van der Waals surface area contributed by atoms with Crippen LogP contribution in [-0.2, 0) is 6.54 Å². The molecule has 0 unspecified atom stereocenters. The number of rotatable bonds is 5. The lowest BCUT2D eigenvalue weighted by atomic mass is 10.1. The van der Waals surface area contributed by atoms with Gasteiger partial charge in [-0.25, -0.2) is 5.43 Å². The van der Waals surface area contributed by atoms with Crippen LogP contribution in [-0.4, -0.2) is 21.8 Å². The Hall–Kier alpha value is -4.09. The molecule has 0 bridgehead atoms. The molecule has 6 heteroatoms. The summed E-state index contributed by atoms with van der Waals surface area (Å²) in [6.45, 7) is 0.683. The van der Waals surface area contributed by atoms with E-state index in [1.807, 2.05) is 79.0 Å². The third-order valence-electron chi connectivity index (χ3n) is 5.56. The fourth-order valence-corrected chi connectivity index (χ4v) is 4.05. The van der Waals surface area contributed by atoms with E-state index < -0.39 is 5.91 Å². The number of hydrogen-bond acceptors (Lipinski definition) is 3. The molecule has 0 aliphatic heterocycles. The Kier molecular flexibility index (Phi) is 5.55. The quantitative estimate of drug-likeness (QED) is 0.254. The van der Waals surface area contributed by atoms with Gasteiger partial charge in [0.1, 0.15) is 5.75 Å². The molecule has 0 saturated carbocycles. The second kappa shape index (κ2) is 8.81. The molecular weight excluding hydrogens is 434 g/mol. The Morgan fingerprint density at radius 3 is 2.45 bits per heavy atom. The highest BCUT2D eigenvalue weighted by atomic mass is 35.5. The lowest BCUT2D eigenvalue weighted by Crippen LogP contribution is -2.17. The highest BCUT2D eigenvalue weighted by Gasteiger charge is 2.12. The molecule has 5 aromatic rings. The molecule has 0 fully saturated rings. The minimum Gasteiger partial charge on any atom is -0.507 e. The van der Waals surface area contributed by atoms with E-state index in [1.165, 1.54) is 0 Å². The number of carbonyl (C=O) groups excluding carboxylic acids is 1. The molecule has 5 nitrogen and oxygen atoms in total. The summed E-state index contributed by atoms with van der Waals surface area (Å²) in [5.74, 6) is -0.555. The molecule has 0 aliphatic carbocycles. The van der Waals surface area contributed by atoms with Crippen molar-refractivity contribution in [3.63, 3.8) is 0 Å². The van der Waals surface area contributed by atoms with Gasteiger partial charge < -0.3 is 9.67 Å². The number of halogens is 1. The molecule has 162 valence electrons. The maximum Gasteiger partial charge on any atom is 0.275 e. The molecule has 33 heavy (non-hydrogen) atoms. The Labute approximate surface area is 195 Å². The van der Waals surface area contributed by atoms with Gasteiger partial charge in [-0.3, -0.25) is 4.79 Å². The van der Waals surface area contributed by atoms with Gasteiger partial charge in [-0.1, -0.05) is 66.2 Å². The first kappa shape index (κ1) is 20.8. The molecule has 4 aromatic carbocycles. The Morgan fingerprint density at radius 2 is 1.67 bits per heavy atom. The van der Waals surface area contributed by atoms with Crippen molar-refractivity contribution < 1.29 is 9.90 Å². The van der Waals surface area contributed by atoms with Crippen molar-refractivity contribution in [2.24, 2.45) is 5.10 Å². The van der Waals surface area contributed by atoms with E-state index in [2.05, 4.69) is 15.1 Å². The van der Waals surface area contributed by atoms with Crippen molar-refractivity contribution in [1.82, 2.24) is 9.99 Å². The van der Waals surface area contributed by atoms with Gasteiger partial charge in [0.15, 0.2) is 0 Å². The normalized spacial score (nSPS) is 11.4. The van der Waals surface area contributed by atoms with Crippen molar-refractivity contribution in [2.45, 2.75) is 6.54 Å². The average Bonchev–Trinajstić information content (AvgIpc) is 3.17. The standard InChI is InChI=1S/C27H20ClN3O2/c28-22-11-9-18(10-12-22)16-31-17-21(23-7-3-4-8-25(23)31)15-29-30-27(33)24-13-19-5-1-2-6-20(19)14-26(24)32/h1-15,17,32H,16H2,(H,30,33). The smallest absolute Gasteiger partial charge is 0.275 e. The molecular formula is C27H20ClN3O2. The van der Waals surface area contributed by atoms with Crippen molar-refractivity contribution in [2.75, 3.05) is 0 Å². The van der Waals surface area contributed by atoms with Crippen LogP contribution in [0, 0.1) is 0 Å². The topological polar surface area (TPSA) is 66.6 Å². The first-order valence-electron chi connectivity index (χ1n) is 10.5. The predicted molar refractivity (Wildman–Crippen MR) is 133 cm³/mol. The Balaban J connectivity index is 1.39. The zero-order chi connectivity index (χ0) is 22.8. The molecule has 1 aromatic heterocycles. The second-order valence-electron chi connectivity index (χ2n) is 7.77. The highest BCUT2D eigenvalue weighted by Crippen LogP contribution is 2.25. The highest BCUT2D eigenvalue weighted by molar-refractivity contribution is 6.30. The average molecular weight is 454 g/mol. The summed E-state index contributed by atoms with van der Waals surface area (Å²) in [5.41, 5.74) is 5.77. The van der Waals surface area contributed by atoms with Gasteiger partial charge in [0.2, 0.25) is 0 Å². The molecule has 0 spiro atoms. The number of carbonyl (C=O) groups is 1. The van der Waals surface area contributed by atoms with Gasteiger partial charge in [0, 0.05) is 34.2 Å². The number of amides is 1. The summed E-state index contributed by atoms with van der Waals surface area (Å²) >= 11 is 6.00. The second-order valence-corrected chi connectivity index (χ2v) is 8.21. The van der Waals surface area contributed by atoms with E-state index >= 15 is 0 Å². The monoisotopic (exact) mass is 453 g/mol. The van der Waals surface area contributed by atoms with Gasteiger partial charge in [0.05, 0.1) is 11.8 Å². The summed E-state index contributed by atoms with van der Waals surface area (Å²) in [7, 11) is 0. The number of fused-ring (bicyclic) bond motifs is 2. The zero-order valence-corrected chi connectivity index (χ0v) is 18.3. The molecule has 0 aliphatic rings.